The van der Waals surface area contributed by atoms with E-state index in [1.165, 1.54) is 32.5 Å². The molecule has 0 aliphatic carbocycles. The second-order valence-electron chi connectivity index (χ2n) is 8.86. The van der Waals surface area contributed by atoms with Gasteiger partial charge in [-0.2, -0.15) is 0 Å². The van der Waals surface area contributed by atoms with Gasteiger partial charge in [0.25, 0.3) is 5.69 Å². The molecule has 6 nitrogen and oxygen atoms in total. The fraction of sp³-hybridized carbons (Fsp3) is 0.333. The molecule has 0 saturated carbocycles. The zero-order valence-corrected chi connectivity index (χ0v) is 21.6. The predicted octanol–water partition coefficient (Wildman–Crippen LogP) is 6.52. The number of hydrogen-bond donors (Lipinski definition) is 0. The van der Waals surface area contributed by atoms with Crippen LogP contribution in [0.2, 0.25) is 0 Å². The molecular formula is C27H30N4O2S2. The SMILES string of the molecule is CSc1ccc2c(c1)N(CCCCN1CCN(c3ccc([N+](=O)[O-])cc3)CC1)c1ccccc1S2. The van der Waals surface area contributed by atoms with Gasteiger partial charge in [0.1, 0.15) is 0 Å². The van der Waals surface area contributed by atoms with Gasteiger partial charge in [-0.05, 0) is 68.1 Å². The van der Waals surface area contributed by atoms with E-state index in [0.29, 0.717) is 0 Å². The number of fused-ring (bicyclic) bond motifs is 2. The number of unbranched alkanes of at least 4 members (excludes halogenated alkanes) is 1. The molecule has 1 fully saturated rings. The number of para-hydroxylation sites is 1. The fourth-order valence-electron chi connectivity index (χ4n) is 4.80. The maximum absolute atomic E-state index is 10.9. The summed E-state index contributed by atoms with van der Waals surface area (Å²) in [6.07, 6.45) is 4.45. The van der Waals surface area contributed by atoms with Crippen LogP contribution in [0.15, 0.2) is 81.4 Å². The van der Waals surface area contributed by atoms with Crippen LogP contribution in [-0.2, 0) is 0 Å². The first kappa shape index (κ1) is 24.0. The van der Waals surface area contributed by atoms with E-state index >= 15 is 0 Å². The third-order valence-electron chi connectivity index (χ3n) is 6.74. The summed E-state index contributed by atoms with van der Waals surface area (Å²) in [7, 11) is 0. The fourth-order valence-corrected chi connectivity index (χ4v) is 6.31. The van der Waals surface area contributed by atoms with Gasteiger partial charge in [-0.25, -0.2) is 0 Å². The van der Waals surface area contributed by atoms with E-state index in [1.807, 2.05) is 23.9 Å². The third-order valence-corrected chi connectivity index (χ3v) is 8.59. The molecule has 5 rings (SSSR count). The Balaban J connectivity index is 1.14. The van der Waals surface area contributed by atoms with Crippen molar-refractivity contribution >= 4 is 46.3 Å². The van der Waals surface area contributed by atoms with E-state index in [2.05, 4.69) is 63.4 Å². The predicted molar refractivity (Wildman–Crippen MR) is 147 cm³/mol. The second-order valence-corrected chi connectivity index (χ2v) is 10.8. The molecule has 0 bridgehead atoms. The van der Waals surface area contributed by atoms with Crippen LogP contribution in [0.1, 0.15) is 12.8 Å². The minimum absolute atomic E-state index is 0.148. The van der Waals surface area contributed by atoms with Crippen molar-refractivity contribution in [1.29, 1.82) is 0 Å². The number of nitro groups is 1. The highest BCUT2D eigenvalue weighted by atomic mass is 32.2. The molecule has 182 valence electrons. The summed E-state index contributed by atoms with van der Waals surface area (Å²) in [6, 6.07) is 22.5. The third kappa shape index (κ3) is 5.44. The molecule has 0 N–H and O–H groups in total. The van der Waals surface area contributed by atoms with E-state index in [-0.39, 0.29) is 10.6 Å². The Labute approximate surface area is 215 Å². The summed E-state index contributed by atoms with van der Waals surface area (Å²) in [4.78, 5) is 21.9. The van der Waals surface area contributed by atoms with Gasteiger partial charge >= 0.3 is 0 Å². The summed E-state index contributed by atoms with van der Waals surface area (Å²) in [5, 5.41) is 10.9. The summed E-state index contributed by atoms with van der Waals surface area (Å²) in [5.74, 6) is 0. The molecule has 35 heavy (non-hydrogen) atoms. The molecule has 0 spiro atoms. The maximum Gasteiger partial charge on any atom is 0.269 e. The smallest absolute Gasteiger partial charge is 0.269 e. The lowest BCUT2D eigenvalue weighted by Gasteiger charge is -2.36. The van der Waals surface area contributed by atoms with Gasteiger partial charge in [0.15, 0.2) is 0 Å². The molecule has 2 aliphatic heterocycles. The normalized spacial score (nSPS) is 15.6. The van der Waals surface area contributed by atoms with Gasteiger partial charge in [-0.3, -0.25) is 15.0 Å². The Morgan fingerprint density at radius 2 is 1.60 bits per heavy atom. The van der Waals surface area contributed by atoms with Crippen molar-refractivity contribution in [2.45, 2.75) is 27.5 Å². The molecule has 0 radical (unpaired) electrons. The van der Waals surface area contributed by atoms with Crippen LogP contribution in [-0.4, -0.2) is 55.3 Å². The zero-order chi connectivity index (χ0) is 24.2. The first-order valence-corrected chi connectivity index (χ1v) is 14.1. The number of anilines is 3. The number of hydrogen-bond acceptors (Lipinski definition) is 7. The Kier molecular flexibility index (Phi) is 7.51. The van der Waals surface area contributed by atoms with Crippen LogP contribution >= 0.6 is 23.5 Å². The standard InChI is InChI=1S/C27H30N4O2S2/c1-34-23-12-13-27-25(20-23)30(24-6-2-3-7-26(24)35-27)15-5-4-14-28-16-18-29(19-17-28)21-8-10-22(11-9-21)31(32)33/h2-3,6-13,20H,4-5,14-19H2,1H3. The Morgan fingerprint density at radius 1 is 0.886 bits per heavy atom. The second kappa shape index (κ2) is 10.9. The average molecular weight is 507 g/mol. The minimum Gasteiger partial charge on any atom is -0.369 e. The quantitative estimate of drug-likeness (QED) is 0.149. The molecule has 3 aromatic carbocycles. The van der Waals surface area contributed by atoms with E-state index in [1.54, 1.807) is 23.9 Å². The zero-order valence-electron chi connectivity index (χ0n) is 19.9. The van der Waals surface area contributed by atoms with E-state index in [0.717, 1.165) is 51.4 Å². The van der Waals surface area contributed by atoms with Gasteiger partial charge in [-0.15, -0.1) is 11.8 Å². The number of nitro benzene ring substituents is 1. The molecule has 2 heterocycles. The van der Waals surface area contributed by atoms with Gasteiger partial charge in [-0.1, -0.05) is 23.9 Å². The Morgan fingerprint density at radius 3 is 2.34 bits per heavy atom. The average Bonchev–Trinajstić information content (AvgIpc) is 2.90. The topological polar surface area (TPSA) is 52.9 Å². The van der Waals surface area contributed by atoms with E-state index in [9.17, 15) is 10.1 Å². The van der Waals surface area contributed by atoms with Gasteiger partial charge in [0.2, 0.25) is 0 Å². The first-order chi connectivity index (χ1) is 17.1. The van der Waals surface area contributed by atoms with Crippen molar-refractivity contribution in [3.8, 4) is 0 Å². The highest BCUT2D eigenvalue weighted by molar-refractivity contribution is 8.00. The van der Waals surface area contributed by atoms with Crippen molar-refractivity contribution in [3.63, 3.8) is 0 Å². The molecule has 0 atom stereocenters. The van der Waals surface area contributed by atoms with E-state index < -0.39 is 0 Å². The van der Waals surface area contributed by atoms with Crippen molar-refractivity contribution in [1.82, 2.24) is 4.90 Å². The molecule has 0 unspecified atom stereocenters. The number of thioether (sulfide) groups is 1. The van der Waals surface area contributed by atoms with Crippen LogP contribution in [0, 0.1) is 10.1 Å². The molecule has 1 saturated heterocycles. The minimum atomic E-state index is -0.344. The Bertz CT molecular complexity index is 1180. The number of non-ortho nitro benzene ring substituents is 1. The highest BCUT2D eigenvalue weighted by Gasteiger charge is 2.23. The summed E-state index contributed by atoms with van der Waals surface area (Å²) in [6.45, 7) is 6.10. The van der Waals surface area contributed by atoms with Crippen LogP contribution in [0.25, 0.3) is 0 Å². The molecule has 2 aliphatic rings. The van der Waals surface area contributed by atoms with Crippen LogP contribution < -0.4 is 9.80 Å². The largest absolute Gasteiger partial charge is 0.369 e. The van der Waals surface area contributed by atoms with Crippen LogP contribution in [0.4, 0.5) is 22.7 Å². The monoisotopic (exact) mass is 506 g/mol. The summed E-state index contributed by atoms with van der Waals surface area (Å²) >= 11 is 3.67. The lowest BCUT2D eigenvalue weighted by atomic mass is 10.2. The van der Waals surface area contributed by atoms with Crippen molar-refractivity contribution < 1.29 is 4.92 Å². The molecule has 0 aromatic heterocycles. The molecule has 3 aromatic rings. The van der Waals surface area contributed by atoms with Crippen molar-refractivity contribution in [2.24, 2.45) is 0 Å². The van der Waals surface area contributed by atoms with Crippen molar-refractivity contribution in [3.05, 3.63) is 76.8 Å². The summed E-state index contributed by atoms with van der Waals surface area (Å²) in [5.41, 5.74) is 3.87. The molecule has 8 heteroatoms. The lowest BCUT2D eigenvalue weighted by molar-refractivity contribution is -0.384. The van der Waals surface area contributed by atoms with Crippen LogP contribution in [0.3, 0.4) is 0 Å². The van der Waals surface area contributed by atoms with Gasteiger partial charge < -0.3 is 9.80 Å². The number of benzene rings is 3. The number of rotatable bonds is 8. The number of piperazine rings is 1. The highest BCUT2D eigenvalue weighted by Crippen LogP contribution is 2.48. The van der Waals surface area contributed by atoms with Crippen LogP contribution in [0.5, 0.6) is 0 Å². The summed E-state index contributed by atoms with van der Waals surface area (Å²) < 4.78 is 0. The molecular weight excluding hydrogens is 476 g/mol. The first-order valence-electron chi connectivity index (χ1n) is 12.1. The van der Waals surface area contributed by atoms with Gasteiger partial charge in [0, 0.05) is 65.2 Å². The lowest BCUT2D eigenvalue weighted by Crippen LogP contribution is -2.46. The Hall–Kier alpha value is -2.68. The molecule has 0 amide bonds. The van der Waals surface area contributed by atoms with Crippen molar-refractivity contribution in [2.75, 3.05) is 55.3 Å². The number of nitrogens with zero attached hydrogens (tertiary/aromatic N) is 4. The van der Waals surface area contributed by atoms with Gasteiger partial charge in [0.05, 0.1) is 16.3 Å². The maximum atomic E-state index is 10.9. The van der Waals surface area contributed by atoms with E-state index in [4.69, 9.17) is 0 Å².